The van der Waals surface area contributed by atoms with E-state index in [9.17, 15) is 4.79 Å². The molecule has 0 bridgehead atoms. The van der Waals surface area contributed by atoms with Gasteiger partial charge in [-0.05, 0) is 17.2 Å². The Kier molecular flexibility index (Phi) is 7.04. The molecule has 24 heavy (non-hydrogen) atoms. The van der Waals surface area contributed by atoms with Crippen molar-refractivity contribution in [2.24, 2.45) is 4.99 Å². The highest BCUT2D eigenvalue weighted by molar-refractivity contribution is 5.79. The molecule has 0 aliphatic carbocycles. The van der Waals surface area contributed by atoms with Gasteiger partial charge in [-0.15, -0.1) is 0 Å². The molecule has 0 radical (unpaired) electrons. The average Bonchev–Trinajstić information content (AvgIpc) is 2.61. The van der Waals surface area contributed by atoms with Crippen molar-refractivity contribution in [3.63, 3.8) is 0 Å². The maximum Gasteiger partial charge on any atom is 0.250 e. The van der Waals surface area contributed by atoms with E-state index < -0.39 is 0 Å². The summed E-state index contributed by atoms with van der Waals surface area (Å²) in [6.45, 7) is 2.60. The highest BCUT2D eigenvalue weighted by Crippen LogP contribution is 2.05. The van der Waals surface area contributed by atoms with E-state index in [1.54, 1.807) is 37.1 Å². The summed E-state index contributed by atoms with van der Waals surface area (Å²) < 4.78 is 6.69. The van der Waals surface area contributed by atoms with Crippen LogP contribution in [0, 0.1) is 0 Å². The Labute approximate surface area is 142 Å². The van der Waals surface area contributed by atoms with Crippen molar-refractivity contribution in [2.45, 2.75) is 13.1 Å². The number of ether oxygens (including phenoxy) is 1. The maximum atomic E-state index is 11.7. The summed E-state index contributed by atoms with van der Waals surface area (Å²) in [4.78, 5) is 15.9. The van der Waals surface area contributed by atoms with E-state index in [4.69, 9.17) is 4.74 Å². The molecule has 2 rings (SSSR count). The molecular formula is C18H24N4O2. The van der Waals surface area contributed by atoms with E-state index in [0.29, 0.717) is 26.2 Å². The van der Waals surface area contributed by atoms with Crippen LogP contribution in [0.5, 0.6) is 0 Å². The number of hydrogen-bond donors (Lipinski definition) is 2. The third kappa shape index (κ3) is 5.55. The molecule has 1 aromatic heterocycles. The molecule has 0 atom stereocenters. The van der Waals surface area contributed by atoms with Crippen LogP contribution in [0.25, 0.3) is 0 Å². The molecule has 0 aliphatic rings. The van der Waals surface area contributed by atoms with Crippen molar-refractivity contribution in [3.05, 3.63) is 70.1 Å². The van der Waals surface area contributed by atoms with Gasteiger partial charge in [-0.1, -0.05) is 30.3 Å². The second-order valence-corrected chi connectivity index (χ2v) is 5.33. The molecule has 2 N–H and O–H groups in total. The molecule has 2 aromatic rings. The van der Waals surface area contributed by atoms with Crippen molar-refractivity contribution < 1.29 is 4.74 Å². The Hall–Kier alpha value is -2.60. The van der Waals surface area contributed by atoms with Crippen LogP contribution in [0.15, 0.2) is 58.4 Å². The van der Waals surface area contributed by atoms with Gasteiger partial charge in [0.05, 0.1) is 13.2 Å². The molecule has 1 aromatic carbocycles. The lowest BCUT2D eigenvalue weighted by atomic mass is 10.1. The largest absolute Gasteiger partial charge is 0.383 e. The van der Waals surface area contributed by atoms with Crippen molar-refractivity contribution in [3.8, 4) is 0 Å². The Morgan fingerprint density at radius 2 is 1.88 bits per heavy atom. The maximum absolute atomic E-state index is 11.7. The van der Waals surface area contributed by atoms with Crippen LogP contribution in [0.3, 0.4) is 0 Å². The molecular weight excluding hydrogens is 304 g/mol. The van der Waals surface area contributed by atoms with Gasteiger partial charge in [0.15, 0.2) is 5.96 Å². The van der Waals surface area contributed by atoms with Gasteiger partial charge in [0, 0.05) is 39.5 Å². The van der Waals surface area contributed by atoms with Gasteiger partial charge in [-0.25, -0.2) is 0 Å². The fourth-order valence-electron chi connectivity index (χ4n) is 2.23. The lowest BCUT2D eigenvalue weighted by molar-refractivity contribution is 0.203. The summed E-state index contributed by atoms with van der Waals surface area (Å²) in [5.74, 6) is 0.743. The van der Waals surface area contributed by atoms with Crippen LogP contribution in [-0.4, -0.2) is 37.8 Å². The number of pyridine rings is 1. The second-order valence-electron chi connectivity index (χ2n) is 5.33. The summed E-state index contributed by atoms with van der Waals surface area (Å²) in [5.41, 5.74) is 2.25. The molecule has 0 fully saturated rings. The van der Waals surface area contributed by atoms with Crippen LogP contribution < -0.4 is 16.2 Å². The number of guanidine groups is 1. The number of hydrogen-bond acceptors (Lipinski definition) is 3. The number of methoxy groups -OCH3 is 1. The first-order chi connectivity index (χ1) is 11.7. The quantitative estimate of drug-likeness (QED) is 0.455. The first kappa shape index (κ1) is 17.7. The summed E-state index contributed by atoms with van der Waals surface area (Å²) in [6, 6.07) is 13.4. The minimum atomic E-state index is 0.00850. The van der Waals surface area contributed by atoms with Gasteiger partial charge in [0.25, 0.3) is 5.56 Å². The van der Waals surface area contributed by atoms with Gasteiger partial charge in [-0.3, -0.25) is 9.79 Å². The highest BCUT2D eigenvalue weighted by Gasteiger charge is 2.00. The molecule has 0 amide bonds. The van der Waals surface area contributed by atoms with Crippen LogP contribution in [0.2, 0.25) is 0 Å². The van der Waals surface area contributed by atoms with Crippen molar-refractivity contribution in [2.75, 3.05) is 27.3 Å². The highest BCUT2D eigenvalue weighted by atomic mass is 16.5. The number of aromatic nitrogens is 1. The number of nitrogens with one attached hydrogen (secondary N) is 2. The number of rotatable bonds is 7. The Morgan fingerprint density at radius 3 is 2.54 bits per heavy atom. The number of nitrogens with zero attached hydrogens (tertiary/aromatic N) is 2. The Balaban J connectivity index is 1.88. The molecule has 6 nitrogen and oxygen atoms in total. The summed E-state index contributed by atoms with van der Waals surface area (Å²) in [5, 5.41) is 6.42. The zero-order valence-electron chi connectivity index (χ0n) is 14.2. The molecule has 0 unspecified atom stereocenters. The molecule has 0 aliphatic heterocycles. The van der Waals surface area contributed by atoms with Crippen LogP contribution in [0.4, 0.5) is 0 Å². The number of aliphatic imine (C=N–C) groups is 1. The van der Waals surface area contributed by atoms with Crippen molar-refractivity contribution in [1.82, 2.24) is 15.2 Å². The van der Waals surface area contributed by atoms with E-state index in [0.717, 1.165) is 17.1 Å². The van der Waals surface area contributed by atoms with Gasteiger partial charge >= 0.3 is 0 Å². The first-order valence-electron chi connectivity index (χ1n) is 7.89. The van der Waals surface area contributed by atoms with Gasteiger partial charge in [0.1, 0.15) is 0 Å². The topological polar surface area (TPSA) is 67.7 Å². The minimum Gasteiger partial charge on any atom is -0.383 e. The fourth-order valence-corrected chi connectivity index (χ4v) is 2.23. The van der Waals surface area contributed by atoms with Crippen LogP contribution in [-0.2, 0) is 17.8 Å². The second kappa shape index (κ2) is 9.52. The SMILES string of the molecule is CN=C(NCCOC)NCc1ccc(Cn2ccccc2=O)cc1. The normalized spacial score (nSPS) is 11.3. The molecule has 6 heteroatoms. The minimum absolute atomic E-state index is 0.00850. The monoisotopic (exact) mass is 328 g/mol. The Bertz CT molecular complexity index is 707. The van der Waals surface area contributed by atoms with E-state index in [2.05, 4.69) is 27.8 Å². The molecule has 0 spiro atoms. The van der Waals surface area contributed by atoms with Gasteiger partial charge in [0.2, 0.25) is 0 Å². The predicted octanol–water partition coefficient (Wildman–Crippen LogP) is 1.21. The van der Waals surface area contributed by atoms with Crippen LogP contribution >= 0.6 is 0 Å². The summed E-state index contributed by atoms with van der Waals surface area (Å²) >= 11 is 0. The van der Waals surface area contributed by atoms with Gasteiger partial charge < -0.3 is 19.9 Å². The molecule has 0 saturated heterocycles. The van der Waals surface area contributed by atoms with Crippen molar-refractivity contribution in [1.29, 1.82) is 0 Å². The average molecular weight is 328 g/mol. The van der Waals surface area contributed by atoms with Crippen LogP contribution in [0.1, 0.15) is 11.1 Å². The zero-order chi connectivity index (χ0) is 17.2. The summed E-state index contributed by atoms with van der Waals surface area (Å²) in [7, 11) is 3.41. The fraction of sp³-hybridized carbons (Fsp3) is 0.333. The lowest BCUT2D eigenvalue weighted by Gasteiger charge is -2.12. The van der Waals surface area contributed by atoms with Gasteiger partial charge in [-0.2, -0.15) is 0 Å². The first-order valence-corrected chi connectivity index (χ1v) is 7.89. The van der Waals surface area contributed by atoms with E-state index in [1.807, 2.05) is 18.2 Å². The molecule has 1 heterocycles. The summed E-state index contributed by atoms with van der Waals surface area (Å²) in [6.07, 6.45) is 1.80. The third-order valence-corrected chi connectivity index (χ3v) is 3.56. The lowest BCUT2D eigenvalue weighted by Crippen LogP contribution is -2.38. The zero-order valence-corrected chi connectivity index (χ0v) is 14.2. The third-order valence-electron chi connectivity index (χ3n) is 3.56. The van der Waals surface area contributed by atoms with E-state index in [-0.39, 0.29) is 5.56 Å². The van der Waals surface area contributed by atoms with E-state index in [1.165, 1.54) is 0 Å². The molecule has 128 valence electrons. The van der Waals surface area contributed by atoms with Crippen molar-refractivity contribution >= 4 is 5.96 Å². The predicted molar refractivity (Wildman–Crippen MR) is 96.3 cm³/mol. The Morgan fingerprint density at radius 1 is 1.12 bits per heavy atom. The number of benzene rings is 1. The van der Waals surface area contributed by atoms with E-state index >= 15 is 0 Å². The molecule has 0 saturated carbocycles. The standard InChI is InChI=1S/C18H24N4O2/c1-19-18(20-10-12-24-2)21-13-15-6-8-16(9-7-15)14-22-11-4-3-5-17(22)23/h3-9,11H,10,12-14H2,1-2H3,(H2,19,20,21). The smallest absolute Gasteiger partial charge is 0.250 e.